The van der Waals surface area contributed by atoms with E-state index in [1.165, 1.54) is 7.11 Å². The highest BCUT2D eigenvalue weighted by Gasteiger charge is 2.73. The zero-order valence-corrected chi connectivity index (χ0v) is 40.9. The molecule has 1 unspecified atom stereocenters. The summed E-state index contributed by atoms with van der Waals surface area (Å²) < 4.78 is 67.7. The smallest absolute Gasteiger partial charge is 0.187 e. The summed E-state index contributed by atoms with van der Waals surface area (Å²) in [7, 11) is 4.54. The molecule has 4 aliphatic carbocycles. The number of ether oxygens (including phenoxy) is 11. The predicted octanol–water partition coefficient (Wildman–Crippen LogP) is -0.236. The number of hydrogen-bond donors (Lipinski definition) is 9. The van der Waals surface area contributed by atoms with E-state index in [-0.39, 0.29) is 30.3 Å². The molecule has 0 amide bonds. The highest BCUT2D eigenvalue weighted by molar-refractivity contribution is 5.31. The maximum Gasteiger partial charge on any atom is 0.187 e. The van der Waals surface area contributed by atoms with Crippen molar-refractivity contribution in [1.82, 2.24) is 0 Å². The molecule has 392 valence electrons. The minimum Gasteiger partial charge on any atom is -0.394 e. The molecule has 0 spiro atoms. The minimum absolute atomic E-state index is 0.167. The average molecular weight is 977 g/mol. The highest BCUT2D eigenvalue weighted by Crippen LogP contribution is 2.68. The maximum atomic E-state index is 12.4. The first-order valence-electron chi connectivity index (χ1n) is 24.8. The van der Waals surface area contributed by atoms with Gasteiger partial charge in [0.2, 0.25) is 0 Å². The zero-order chi connectivity index (χ0) is 49.4. The molecule has 9 N–H and O–H groups in total. The lowest BCUT2D eigenvalue weighted by Gasteiger charge is -2.64. The van der Waals surface area contributed by atoms with Gasteiger partial charge in [0.15, 0.2) is 25.2 Å². The van der Waals surface area contributed by atoms with Crippen molar-refractivity contribution >= 4 is 0 Å². The molecule has 0 aromatic heterocycles. The fourth-order valence-corrected chi connectivity index (χ4v) is 14.1. The van der Waals surface area contributed by atoms with Gasteiger partial charge in [-0.05, 0) is 83.5 Å². The zero-order valence-electron chi connectivity index (χ0n) is 40.9. The molecule has 20 nitrogen and oxygen atoms in total. The van der Waals surface area contributed by atoms with E-state index in [9.17, 15) is 46.0 Å². The molecule has 4 saturated heterocycles. The Hall–Kier alpha value is -1.06. The lowest BCUT2D eigenvalue weighted by atomic mass is 9.44. The second-order valence-corrected chi connectivity index (χ2v) is 21.5. The summed E-state index contributed by atoms with van der Waals surface area (Å²) in [6, 6.07) is 0. The van der Waals surface area contributed by atoms with Gasteiger partial charge >= 0.3 is 0 Å². The van der Waals surface area contributed by atoms with Crippen LogP contribution >= 0.6 is 0 Å². The van der Waals surface area contributed by atoms with Gasteiger partial charge in [-0.3, -0.25) is 0 Å². The van der Waals surface area contributed by atoms with Gasteiger partial charge in [-0.15, -0.1) is 0 Å². The number of aliphatic hydroxyl groups is 9. The second kappa shape index (κ2) is 20.7. The molecule has 0 radical (unpaired) electrons. The monoisotopic (exact) mass is 977 g/mol. The van der Waals surface area contributed by atoms with Crippen molar-refractivity contribution in [3.8, 4) is 0 Å². The van der Waals surface area contributed by atoms with Crippen molar-refractivity contribution in [2.24, 2.45) is 28.6 Å². The van der Waals surface area contributed by atoms with Crippen LogP contribution in [0.25, 0.3) is 0 Å². The van der Waals surface area contributed by atoms with Crippen molar-refractivity contribution in [1.29, 1.82) is 0 Å². The molecule has 0 aromatic carbocycles. The predicted molar refractivity (Wildman–Crippen MR) is 235 cm³/mol. The average Bonchev–Trinajstić information content (AvgIpc) is 3.60. The molecular weight excluding hydrogens is 897 g/mol. The Kier molecular flexibility index (Phi) is 16.2. The van der Waals surface area contributed by atoms with Crippen LogP contribution in [-0.2, 0) is 52.1 Å². The molecule has 3 saturated carbocycles. The van der Waals surface area contributed by atoms with Crippen molar-refractivity contribution in [2.45, 2.75) is 234 Å². The van der Waals surface area contributed by atoms with Crippen LogP contribution in [0.1, 0.15) is 92.9 Å². The van der Waals surface area contributed by atoms with Crippen LogP contribution in [0.4, 0.5) is 0 Å². The van der Waals surface area contributed by atoms with Crippen LogP contribution in [-0.4, -0.2) is 215 Å². The molecular formula is C48H80O20. The normalized spacial score (nSPS) is 54.6. The molecule has 4 aliphatic heterocycles. The number of fused-ring (bicyclic) bond motifs is 5. The standard InChI is InChI=1S/C48H80O20/c1-20(50)26-13-15-48(57)27-11-10-24-16-25(12-14-46(24,5)33(27)35(52)43(56)47(26,48)6)64-31-17-28(58-7)39(21(2)61-31)66-32-18-29(59-8)40(22(3)62-32)67-45-38(55)42(60-9)41(23(4)63-45)68-44-37(54)36(53)34(51)30(19-49)65-44/h10,20-23,25-45,49-57H,11-19H2,1-9H3/t20-,21-,22-,23-,25+,26-,27-,28+,29+,30-,31+,32+,33-,34-,35+,36+,37-,38-,39-,40-,41-,42+,43?,44+,45+,46+,47+,48+/m1/s1. The molecule has 8 aliphatic rings. The van der Waals surface area contributed by atoms with E-state index >= 15 is 0 Å². The van der Waals surface area contributed by atoms with Gasteiger partial charge in [0.05, 0.1) is 67.1 Å². The van der Waals surface area contributed by atoms with Crippen molar-refractivity contribution in [3.63, 3.8) is 0 Å². The minimum atomic E-state index is -1.67. The summed E-state index contributed by atoms with van der Waals surface area (Å²) in [6.45, 7) is 10.4. The SMILES string of the molecule is CO[C@H]1[C@@H](O)[C@H](O[C@H]2[C@@H](OC)C[C@H](O[C@H]3[C@@H](OC)C[C@H](O[C@H]4CC[C@@]5(C)C(=CC[C@@H]6[C@@H]5[C@H](O)C(O)[C@]5(C)[C@@H]([C@@H](C)O)CC[C@]65O)C4)O[C@@H]3C)O[C@@H]2C)O[C@H](C)[C@H]1O[C@@H]1O[C@H](CO)[C@@H](O)[C@H](O)[C@H]1O. The third-order valence-electron chi connectivity index (χ3n) is 17.9. The molecule has 68 heavy (non-hydrogen) atoms. The lowest BCUT2D eigenvalue weighted by molar-refractivity contribution is -0.373. The molecule has 8 rings (SSSR count). The second-order valence-electron chi connectivity index (χ2n) is 21.5. The fraction of sp³-hybridized carbons (Fsp3) is 0.958. The first-order valence-corrected chi connectivity index (χ1v) is 24.8. The van der Waals surface area contributed by atoms with Gasteiger partial charge in [-0.25, -0.2) is 0 Å². The van der Waals surface area contributed by atoms with Gasteiger partial charge < -0.3 is 98.1 Å². The number of aliphatic hydroxyl groups excluding tert-OH is 8. The van der Waals surface area contributed by atoms with E-state index in [0.717, 1.165) is 5.57 Å². The van der Waals surface area contributed by atoms with E-state index < -0.39 is 152 Å². The van der Waals surface area contributed by atoms with Crippen molar-refractivity contribution in [3.05, 3.63) is 11.6 Å². The summed E-state index contributed by atoms with van der Waals surface area (Å²) in [6.07, 6.45) is -14.3. The third-order valence-corrected chi connectivity index (χ3v) is 17.9. The Morgan fingerprint density at radius 2 is 1.26 bits per heavy atom. The molecule has 0 aromatic rings. The molecule has 0 bridgehead atoms. The number of hydrogen-bond acceptors (Lipinski definition) is 20. The van der Waals surface area contributed by atoms with Crippen LogP contribution in [0.15, 0.2) is 11.6 Å². The molecule has 20 heteroatoms. The van der Waals surface area contributed by atoms with Crippen LogP contribution in [0.3, 0.4) is 0 Å². The Bertz CT molecular complexity index is 1720. The summed E-state index contributed by atoms with van der Waals surface area (Å²) in [5, 5.41) is 98.9. The number of methoxy groups -OCH3 is 3. The van der Waals surface area contributed by atoms with E-state index in [2.05, 4.69) is 13.0 Å². The van der Waals surface area contributed by atoms with E-state index in [0.29, 0.717) is 44.9 Å². The van der Waals surface area contributed by atoms with E-state index in [4.69, 9.17) is 52.1 Å². The van der Waals surface area contributed by atoms with Gasteiger partial charge in [0.1, 0.15) is 54.9 Å². The van der Waals surface area contributed by atoms with Crippen molar-refractivity contribution < 1.29 is 98.1 Å². The lowest BCUT2D eigenvalue weighted by Crippen LogP contribution is -2.71. The van der Waals surface area contributed by atoms with Crippen LogP contribution in [0.5, 0.6) is 0 Å². The highest BCUT2D eigenvalue weighted by atomic mass is 16.8. The summed E-state index contributed by atoms with van der Waals surface area (Å²) in [5.41, 5.74) is -1.54. The van der Waals surface area contributed by atoms with Gasteiger partial charge in [0, 0.05) is 45.5 Å². The van der Waals surface area contributed by atoms with Gasteiger partial charge in [0.25, 0.3) is 0 Å². The summed E-state index contributed by atoms with van der Waals surface area (Å²) >= 11 is 0. The fourth-order valence-electron chi connectivity index (χ4n) is 14.1. The molecule has 7 fully saturated rings. The van der Waals surface area contributed by atoms with Crippen LogP contribution < -0.4 is 0 Å². The third kappa shape index (κ3) is 9.09. The summed E-state index contributed by atoms with van der Waals surface area (Å²) in [5.74, 6) is -0.925. The van der Waals surface area contributed by atoms with Crippen LogP contribution in [0, 0.1) is 28.6 Å². The maximum absolute atomic E-state index is 12.4. The number of allylic oxidation sites excluding steroid dienone is 1. The largest absolute Gasteiger partial charge is 0.394 e. The molecule has 28 atom stereocenters. The Morgan fingerprint density at radius 1 is 0.676 bits per heavy atom. The van der Waals surface area contributed by atoms with E-state index in [1.54, 1.807) is 35.0 Å². The molecule has 4 heterocycles. The first-order chi connectivity index (χ1) is 32.2. The number of rotatable bonds is 13. The van der Waals surface area contributed by atoms with Crippen molar-refractivity contribution in [2.75, 3.05) is 27.9 Å². The Balaban J connectivity index is 0.854. The van der Waals surface area contributed by atoms with E-state index in [1.807, 2.05) is 13.8 Å². The Labute approximate surface area is 399 Å². The quantitative estimate of drug-likeness (QED) is 0.108. The first kappa shape index (κ1) is 53.2. The van der Waals surface area contributed by atoms with Gasteiger partial charge in [-0.1, -0.05) is 25.5 Å². The van der Waals surface area contributed by atoms with Crippen LogP contribution in [0.2, 0.25) is 0 Å². The topological polar surface area (TPSA) is 284 Å². The van der Waals surface area contributed by atoms with Gasteiger partial charge in [-0.2, -0.15) is 0 Å². The summed E-state index contributed by atoms with van der Waals surface area (Å²) in [4.78, 5) is 0. The Morgan fingerprint density at radius 3 is 1.87 bits per heavy atom.